The number of unbranched alkanes of at least 4 members (excludes halogenated alkanes) is 3. The van der Waals surface area contributed by atoms with Gasteiger partial charge in [-0.25, -0.2) is 8.42 Å². The van der Waals surface area contributed by atoms with Gasteiger partial charge in [-0.15, -0.1) is 6.61 Å². The van der Waals surface area contributed by atoms with E-state index in [0.717, 1.165) is 58.7 Å². The molecular formula is C23H41F3FeN4O5S+. The van der Waals surface area contributed by atoms with Gasteiger partial charge in [-0.1, -0.05) is 38.7 Å². The Hall–Kier alpha value is -0.831. The van der Waals surface area contributed by atoms with Crippen LogP contribution in [0.2, 0.25) is 0 Å². The molecule has 1 N–H and O–H groups in total. The van der Waals surface area contributed by atoms with Crippen molar-refractivity contribution in [1.82, 2.24) is 19.7 Å². The first-order valence-corrected chi connectivity index (χ1v) is 13.5. The average Bonchev–Trinajstić information content (AvgIpc) is 2.89. The van der Waals surface area contributed by atoms with Crippen molar-refractivity contribution in [3.63, 3.8) is 0 Å². The first-order valence-electron chi connectivity index (χ1n) is 12.1. The molecule has 0 saturated carbocycles. The maximum Gasteiger partial charge on any atom is 3.00 e. The number of likely N-dealkylation sites (N-methyl/N-ethyl adjacent to an activating group) is 2. The minimum Gasteiger partial charge on any atom is -0.853 e. The normalized spacial score (nSPS) is 17.0. The van der Waals surface area contributed by atoms with Crippen LogP contribution in [-0.4, -0.2) is 109 Å². The maximum atomic E-state index is 10.7. The third kappa shape index (κ3) is 20.8. The van der Waals surface area contributed by atoms with Crippen LogP contribution in [-0.2, 0) is 33.7 Å². The summed E-state index contributed by atoms with van der Waals surface area (Å²) >= 11 is 0. The first-order chi connectivity index (χ1) is 16.8. The van der Waals surface area contributed by atoms with Crippen molar-refractivity contribution in [2.24, 2.45) is 0 Å². The molecule has 37 heavy (non-hydrogen) atoms. The number of aliphatic hydroxyl groups is 1. The fraction of sp³-hybridized carbons (Fsp3) is 0.783. The number of alkyl halides is 3. The topological polar surface area (TPSA) is 123 Å². The zero-order chi connectivity index (χ0) is 27.6. The van der Waals surface area contributed by atoms with E-state index in [-0.39, 0.29) is 23.7 Å². The summed E-state index contributed by atoms with van der Waals surface area (Å²) in [5.41, 5.74) is -4.48. The van der Waals surface area contributed by atoms with E-state index >= 15 is 0 Å². The largest absolute Gasteiger partial charge is 3.00 e. The number of nitrogens with zero attached hydrogens (tertiary/aromatic N) is 4. The Balaban J connectivity index is 0. The summed E-state index contributed by atoms with van der Waals surface area (Å²) in [6.07, 6.45) is 6.52. The molecule has 0 aliphatic carbocycles. The van der Waals surface area contributed by atoms with Gasteiger partial charge in [0, 0.05) is 58.1 Å². The van der Waals surface area contributed by atoms with Crippen molar-refractivity contribution >= 4 is 10.1 Å². The van der Waals surface area contributed by atoms with Gasteiger partial charge in [0.05, 0.1) is 5.69 Å². The van der Waals surface area contributed by atoms with Gasteiger partial charge in [0.2, 0.25) is 0 Å². The Morgan fingerprint density at radius 1 is 1.05 bits per heavy atom. The van der Waals surface area contributed by atoms with E-state index in [1.54, 1.807) is 0 Å². The second-order valence-electron chi connectivity index (χ2n) is 8.77. The number of aromatic nitrogens is 1. The van der Waals surface area contributed by atoms with Gasteiger partial charge in [-0.2, -0.15) is 13.2 Å². The zero-order valence-electron chi connectivity index (χ0n) is 21.8. The molecule has 1 aliphatic rings. The molecule has 2 heterocycles. The Bertz CT molecular complexity index is 765. The predicted molar refractivity (Wildman–Crippen MR) is 130 cm³/mol. The van der Waals surface area contributed by atoms with E-state index in [1.807, 2.05) is 12.3 Å². The molecule has 1 aromatic heterocycles. The van der Waals surface area contributed by atoms with Crippen molar-refractivity contribution in [2.75, 3.05) is 60.0 Å². The van der Waals surface area contributed by atoms with E-state index < -0.39 is 21.7 Å². The van der Waals surface area contributed by atoms with Crippen LogP contribution in [0.4, 0.5) is 13.2 Å². The van der Waals surface area contributed by atoms with Crippen LogP contribution in [0.1, 0.15) is 44.7 Å². The molecule has 9 nitrogen and oxygen atoms in total. The molecule has 1 fully saturated rings. The third-order valence-electron chi connectivity index (χ3n) is 5.44. The van der Waals surface area contributed by atoms with Gasteiger partial charge in [0.1, 0.15) is 0 Å². The Morgan fingerprint density at radius 3 is 1.97 bits per heavy atom. The van der Waals surface area contributed by atoms with E-state index in [9.17, 15) is 18.3 Å². The molecule has 217 valence electrons. The van der Waals surface area contributed by atoms with Crippen LogP contribution in [0.5, 0.6) is 0 Å². The van der Waals surface area contributed by atoms with Gasteiger partial charge < -0.3 is 24.6 Å². The fourth-order valence-corrected chi connectivity index (χ4v) is 3.07. The zero-order valence-corrected chi connectivity index (χ0v) is 23.8. The summed E-state index contributed by atoms with van der Waals surface area (Å²) in [7, 11) is -1.68. The molecule has 0 aromatic carbocycles. The minimum atomic E-state index is -6.09. The number of halogens is 3. The van der Waals surface area contributed by atoms with Crippen LogP contribution in [0.15, 0.2) is 24.4 Å². The SMILES string of the molecule is CCCCCCC([18OH])C[18O-].CN1CCN(C)CCN(Cc2ccccn2)CC1.O=S(=O)([O-])C(F)(F)F.[Fe+3]. The van der Waals surface area contributed by atoms with Crippen molar-refractivity contribution in [1.29, 1.82) is 0 Å². The summed E-state index contributed by atoms with van der Waals surface area (Å²) in [4.78, 5) is 11.7. The molecule has 1 aliphatic heterocycles. The maximum absolute atomic E-state index is 10.7. The second kappa shape index (κ2) is 21.0. The van der Waals surface area contributed by atoms with Gasteiger partial charge in [0.15, 0.2) is 10.1 Å². The van der Waals surface area contributed by atoms with Crippen LogP contribution in [0, 0.1) is 0 Å². The van der Waals surface area contributed by atoms with Crippen LogP contribution < -0.4 is 5.11 Å². The molecule has 2 rings (SSSR count). The summed E-state index contributed by atoms with van der Waals surface area (Å²) in [6.45, 7) is 9.61. The van der Waals surface area contributed by atoms with Gasteiger partial charge in [-0.05, 0) is 32.6 Å². The fourth-order valence-electron chi connectivity index (χ4n) is 3.07. The van der Waals surface area contributed by atoms with Crippen LogP contribution in [0.3, 0.4) is 0 Å². The summed E-state index contributed by atoms with van der Waals surface area (Å²) in [6, 6.07) is 6.15. The van der Waals surface area contributed by atoms with Crippen molar-refractivity contribution in [3.8, 4) is 0 Å². The number of hydrogen-bond donors (Lipinski definition) is 1. The smallest absolute Gasteiger partial charge is 0.853 e. The summed E-state index contributed by atoms with van der Waals surface area (Å²) in [5.74, 6) is 0. The average molecular weight is 603 g/mol. The monoisotopic (exact) mass is 602 g/mol. The first kappa shape index (κ1) is 38.3. The molecule has 1 saturated heterocycles. The predicted octanol–water partition coefficient (Wildman–Crippen LogP) is 1.49. The number of pyridine rings is 1. The molecule has 1 unspecified atom stereocenters. The second-order valence-corrected chi connectivity index (χ2v) is 10.1. The van der Waals surface area contributed by atoms with Gasteiger partial charge in [-0.3, -0.25) is 9.88 Å². The Kier molecular flexibility index (Phi) is 21.8. The molecule has 14 heteroatoms. The number of rotatable bonds is 8. The van der Waals surface area contributed by atoms with Crippen molar-refractivity contribution < 1.29 is 53.4 Å². The molecule has 1 aromatic rings. The Morgan fingerprint density at radius 2 is 1.57 bits per heavy atom. The molecule has 1 atom stereocenters. The summed E-state index contributed by atoms with van der Waals surface area (Å²) < 4.78 is 58.9. The molecule has 0 spiro atoms. The molecule has 0 amide bonds. The third-order valence-corrected chi connectivity index (χ3v) is 6.00. The standard InChI is InChI=1S/C14H24N4.C8H17O2.CHF3O3S.Fe/c1-16-7-8-17(2)10-12-18(11-9-16)13-14-5-3-4-6-15-14;1-2-3-4-5-6-8(10)7-9;2-1(3,4)8(5,6)7;/h3-6H,7-13H2,1-2H3;8,10H,2-7H2,1H3;(H,5,6,7);/q;-1;;+3/p-1/i;9+2,10+2;;. The number of aliphatic hydroxyl groups excluding tert-OH is 1. The van der Waals surface area contributed by atoms with Crippen molar-refractivity contribution in [3.05, 3.63) is 30.1 Å². The van der Waals surface area contributed by atoms with Crippen LogP contribution in [0.25, 0.3) is 0 Å². The van der Waals surface area contributed by atoms with Gasteiger partial charge >= 0.3 is 22.6 Å². The van der Waals surface area contributed by atoms with Gasteiger partial charge in [0.25, 0.3) is 0 Å². The number of hydrogen-bond acceptors (Lipinski definition) is 9. The van der Waals surface area contributed by atoms with E-state index in [0.29, 0.717) is 6.42 Å². The molecular weight excluding hydrogens is 561 g/mol. The Labute approximate surface area is 230 Å². The molecule has 0 bridgehead atoms. The quantitative estimate of drug-likeness (QED) is 0.155. The van der Waals surface area contributed by atoms with E-state index in [1.165, 1.54) is 18.5 Å². The van der Waals surface area contributed by atoms with E-state index in [2.05, 4.69) is 52.8 Å². The van der Waals surface area contributed by atoms with E-state index in [4.69, 9.17) is 18.1 Å². The van der Waals surface area contributed by atoms with Crippen LogP contribution >= 0.6 is 0 Å². The minimum absolute atomic E-state index is 0. The molecule has 1 radical (unpaired) electrons. The van der Waals surface area contributed by atoms with Crippen molar-refractivity contribution in [2.45, 2.75) is 57.2 Å². The summed E-state index contributed by atoms with van der Waals surface area (Å²) in [5, 5.41) is 18.9.